The van der Waals surface area contributed by atoms with Gasteiger partial charge in [-0.15, -0.1) is 0 Å². The number of carboxylic acid groups (broad SMARTS) is 1. The molecule has 0 aliphatic heterocycles. The molecule has 1 aliphatic carbocycles. The van der Waals surface area contributed by atoms with Crippen LogP contribution in [-0.4, -0.2) is 35.2 Å². The van der Waals surface area contributed by atoms with Crippen molar-refractivity contribution in [2.24, 2.45) is 0 Å². The number of aliphatic carboxylic acids is 1. The fraction of sp³-hybridized carbons (Fsp3) is 0.429. The maximum atomic E-state index is 11.8. The first-order valence-corrected chi connectivity index (χ1v) is 7.90. The van der Waals surface area contributed by atoms with Crippen molar-refractivity contribution >= 4 is 29.4 Å². The summed E-state index contributed by atoms with van der Waals surface area (Å²) in [5.74, 6) is -0.684. The maximum absolute atomic E-state index is 11.8. The second kappa shape index (κ2) is 6.65. The molecule has 3 N–H and O–H groups in total. The van der Waals surface area contributed by atoms with Crippen LogP contribution in [0.5, 0.6) is 0 Å². The molecule has 0 fully saturated rings. The summed E-state index contributed by atoms with van der Waals surface area (Å²) in [6.45, 7) is 0. The molecule has 0 aromatic heterocycles. The number of amides is 2. The summed E-state index contributed by atoms with van der Waals surface area (Å²) in [4.78, 5) is 22.8. The van der Waals surface area contributed by atoms with Crippen molar-refractivity contribution in [3.05, 3.63) is 29.3 Å². The Hall–Kier alpha value is -1.69. The van der Waals surface area contributed by atoms with Gasteiger partial charge in [0.05, 0.1) is 0 Å². The third-order valence-electron chi connectivity index (χ3n) is 3.29. The Labute approximate surface area is 122 Å². The second-order valence-corrected chi connectivity index (χ2v) is 5.69. The highest BCUT2D eigenvalue weighted by molar-refractivity contribution is 7.98. The van der Waals surface area contributed by atoms with Crippen LogP contribution in [0.15, 0.2) is 18.2 Å². The summed E-state index contributed by atoms with van der Waals surface area (Å²) < 4.78 is 0. The van der Waals surface area contributed by atoms with Crippen molar-refractivity contribution in [3.8, 4) is 0 Å². The second-order valence-electron chi connectivity index (χ2n) is 4.78. The van der Waals surface area contributed by atoms with Crippen LogP contribution in [0.1, 0.15) is 17.5 Å². The molecule has 108 valence electrons. The Morgan fingerprint density at radius 3 is 2.80 bits per heavy atom. The molecule has 2 rings (SSSR count). The third kappa shape index (κ3) is 3.66. The van der Waals surface area contributed by atoms with E-state index in [2.05, 4.69) is 10.6 Å². The molecule has 20 heavy (non-hydrogen) atoms. The molecule has 0 saturated carbocycles. The first-order chi connectivity index (χ1) is 9.60. The number of aryl methyl sites for hydroxylation is 2. The van der Waals surface area contributed by atoms with E-state index in [1.54, 1.807) is 6.26 Å². The minimum Gasteiger partial charge on any atom is -0.480 e. The minimum atomic E-state index is -1.02. The molecular formula is C14H18N2O3S. The van der Waals surface area contributed by atoms with Crippen LogP contribution >= 0.6 is 11.8 Å². The molecule has 1 unspecified atom stereocenters. The van der Waals surface area contributed by atoms with Crippen molar-refractivity contribution in [1.29, 1.82) is 0 Å². The molecule has 0 bridgehead atoms. The zero-order valence-corrected chi connectivity index (χ0v) is 12.1. The zero-order chi connectivity index (χ0) is 14.5. The first kappa shape index (κ1) is 14.7. The van der Waals surface area contributed by atoms with Crippen LogP contribution in [0.3, 0.4) is 0 Å². The number of rotatable bonds is 5. The summed E-state index contributed by atoms with van der Waals surface area (Å²) in [5.41, 5.74) is 3.31. The number of hydrogen-bond acceptors (Lipinski definition) is 3. The molecule has 5 nitrogen and oxygen atoms in total. The van der Waals surface area contributed by atoms with Gasteiger partial charge in [-0.25, -0.2) is 9.59 Å². The molecule has 0 spiro atoms. The third-order valence-corrected chi connectivity index (χ3v) is 3.96. The average molecular weight is 294 g/mol. The van der Waals surface area contributed by atoms with Crippen LogP contribution in [-0.2, 0) is 17.6 Å². The number of anilines is 1. The predicted molar refractivity (Wildman–Crippen MR) is 80.4 cm³/mol. The molecule has 1 aromatic carbocycles. The lowest BCUT2D eigenvalue weighted by Gasteiger charge is -2.14. The summed E-state index contributed by atoms with van der Waals surface area (Å²) in [5, 5.41) is 14.1. The van der Waals surface area contributed by atoms with Gasteiger partial charge in [0.1, 0.15) is 6.04 Å². The predicted octanol–water partition coefficient (Wildman–Crippen LogP) is 2.11. The number of carboxylic acids is 1. The van der Waals surface area contributed by atoms with E-state index in [1.165, 1.54) is 22.9 Å². The number of nitrogens with one attached hydrogen (secondary N) is 2. The molecular weight excluding hydrogens is 276 g/mol. The fourth-order valence-electron chi connectivity index (χ4n) is 2.32. The van der Waals surface area contributed by atoms with Gasteiger partial charge in [-0.05, 0) is 48.8 Å². The Balaban J connectivity index is 1.95. The molecule has 0 saturated heterocycles. The van der Waals surface area contributed by atoms with Gasteiger partial charge < -0.3 is 15.7 Å². The van der Waals surface area contributed by atoms with Gasteiger partial charge in [0, 0.05) is 11.4 Å². The normalized spacial score (nSPS) is 14.4. The smallest absolute Gasteiger partial charge is 0.327 e. The first-order valence-electron chi connectivity index (χ1n) is 6.51. The maximum Gasteiger partial charge on any atom is 0.327 e. The van der Waals surface area contributed by atoms with Gasteiger partial charge >= 0.3 is 12.0 Å². The van der Waals surface area contributed by atoms with Crippen LogP contribution in [0.4, 0.5) is 10.5 Å². The number of carbonyl (C=O) groups is 2. The molecule has 1 aromatic rings. The summed E-state index contributed by atoms with van der Waals surface area (Å²) in [6.07, 6.45) is 5.09. The fourth-order valence-corrected chi connectivity index (χ4v) is 2.88. The van der Waals surface area contributed by atoms with Crippen LogP contribution in [0.25, 0.3) is 0 Å². The zero-order valence-electron chi connectivity index (χ0n) is 11.3. The molecule has 1 atom stereocenters. The summed E-state index contributed by atoms with van der Waals surface area (Å²) >= 11 is 1.38. The van der Waals surface area contributed by atoms with Crippen LogP contribution in [0, 0.1) is 0 Å². The van der Waals surface area contributed by atoms with Gasteiger partial charge in [0.15, 0.2) is 0 Å². The van der Waals surface area contributed by atoms with E-state index in [0.717, 1.165) is 19.3 Å². The monoisotopic (exact) mass is 294 g/mol. The van der Waals surface area contributed by atoms with Crippen molar-refractivity contribution in [3.63, 3.8) is 0 Å². The number of urea groups is 1. The van der Waals surface area contributed by atoms with E-state index in [4.69, 9.17) is 5.11 Å². The highest BCUT2D eigenvalue weighted by Crippen LogP contribution is 2.24. The molecule has 1 aliphatic rings. The number of thioether (sulfide) groups is 1. The Morgan fingerprint density at radius 2 is 2.10 bits per heavy atom. The van der Waals surface area contributed by atoms with Gasteiger partial charge in [0.2, 0.25) is 0 Å². The largest absolute Gasteiger partial charge is 0.480 e. The van der Waals surface area contributed by atoms with E-state index in [0.29, 0.717) is 11.4 Å². The topological polar surface area (TPSA) is 78.4 Å². The lowest BCUT2D eigenvalue weighted by molar-refractivity contribution is -0.138. The lowest BCUT2D eigenvalue weighted by Crippen LogP contribution is -2.44. The van der Waals surface area contributed by atoms with E-state index < -0.39 is 18.0 Å². The Kier molecular flexibility index (Phi) is 4.89. The van der Waals surface area contributed by atoms with Gasteiger partial charge in [0.25, 0.3) is 0 Å². The Bertz CT molecular complexity index is 519. The number of carbonyl (C=O) groups excluding carboxylic acids is 1. The standard InChI is InChI=1S/C14H18N2O3S/c1-20-8-12(13(17)18)16-14(19)15-11-6-5-9-3-2-4-10(9)7-11/h5-7,12H,2-4,8H2,1H3,(H,17,18)(H2,15,16,19). The van der Waals surface area contributed by atoms with Crippen molar-refractivity contribution in [2.45, 2.75) is 25.3 Å². The molecule has 0 heterocycles. The van der Waals surface area contributed by atoms with Crippen molar-refractivity contribution < 1.29 is 14.7 Å². The number of benzene rings is 1. The summed E-state index contributed by atoms with van der Waals surface area (Å²) in [6, 6.07) is 4.48. The van der Waals surface area contributed by atoms with Gasteiger partial charge in [-0.1, -0.05) is 6.07 Å². The summed E-state index contributed by atoms with van der Waals surface area (Å²) in [7, 11) is 0. The van der Waals surface area contributed by atoms with Crippen LogP contribution in [0.2, 0.25) is 0 Å². The number of fused-ring (bicyclic) bond motifs is 1. The molecule has 6 heteroatoms. The van der Waals surface area contributed by atoms with E-state index in [1.807, 2.05) is 18.2 Å². The molecule has 0 radical (unpaired) electrons. The lowest BCUT2D eigenvalue weighted by atomic mass is 10.1. The van der Waals surface area contributed by atoms with E-state index >= 15 is 0 Å². The van der Waals surface area contributed by atoms with Crippen LogP contribution < -0.4 is 10.6 Å². The Morgan fingerprint density at radius 1 is 1.35 bits per heavy atom. The van der Waals surface area contributed by atoms with E-state index in [9.17, 15) is 9.59 Å². The quantitative estimate of drug-likeness (QED) is 0.777. The van der Waals surface area contributed by atoms with Crippen molar-refractivity contribution in [1.82, 2.24) is 5.32 Å². The highest BCUT2D eigenvalue weighted by Gasteiger charge is 2.19. The number of hydrogen-bond donors (Lipinski definition) is 3. The van der Waals surface area contributed by atoms with Crippen molar-refractivity contribution in [2.75, 3.05) is 17.3 Å². The highest BCUT2D eigenvalue weighted by atomic mass is 32.2. The minimum absolute atomic E-state index is 0.340. The van der Waals surface area contributed by atoms with E-state index in [-0.39, 0.29) is 0 Å². The van der Waals surface area contributed by atoms with Gasteiger partial charge in [-0.2, -0.15) is 11.8 Å². The SMILES string of the molecule is CSCC(NC(=O)Nc1ccc2c(c1)CCC2)C(=O)O. The average Bonchev–Trinajstić information content (AvgIpc) is 2.85. The van der Waals surface area contributed by atoms with Gasteiger partial charge in [-0.3, -0.25) is 0 Å². The molecule has 2 amide bonds.